The standard InChI is InChI=1S/C19H23NO4S/c1-13(15-8-7-14-5-4-6-16(14)11-15)20-25(21,22)19-12-17(23-2)9-10-18(19)24-3/h7-13,20H,4-6H2,1-3H3/t13-/m1/s1. The summed E-state index contributed by atoms with van der Waals surface area (Å²) in [6.07, 6.45) is 3.34. The van der Waals surface area contributed by atoms with E-state index in [9.17, 15) is 8.42 Å². The molecule has 0 saturated heterocycles. The van der Waals surface area contributed by atoms with Gasteiger partial charge >= 0.3 is 0 Å². The minimum absolute atomic E-state index is 0.0716. The van der Waals surface area contributed by atoms with Crippen LogP contribution in [0.15, 0.2) is 41.3 Å². The van der Waals surface area contributed by atoms with Crippen molar-refractivity contribution in [1.29, 1.82) is 0 Å². The zero-order chi connectivity index (χ0) is 18.0. The molecule has 1 aliphatic carbocycles. The number of sulfonamides is 1. The Morgan fingerprint density at radius 3 is 2.48 bits per heavy atom. The Morgan fingerprint density at radius 1 is 1.00 bits per heavy atom. The molecule has 6 heteroatoms. The van der Waals surface area contributed by atoms with Gasteiger partial charge in [-0.1, -0.05) is 18.2 Å². The largest absolute Gasteiger partial charge is 0.497 e. The third-order valence-corrected chi connectivity index (χ3v) is 6.18. The van der Waals surface area contributed by atoms with Gasteiger partial charge in [-0.15, -0.1) is 0 Å². The zero-order valence-corrected chi connectivity index (χ0v) is 15.5. The molecule has 0 spiro atoms. The number of rotatable bonds is 6. The molecule has 2 aromatic rings. The van der Waals surface area contributed by atoms with Crippen molar-refractivity contribution in [2.45, 2.75) is 37.1 Å². The summed E-state index contributed by atoms with van der Waals surface area (Å²) in [6, 6.07) is 10.6. The van der Waals surface area contributed by atoms with Gasteiger partial charge in [0.25, 0.3) is 0 Å². The number of benzene rings is 2. The topological polar surface area (TPSA) is 64.6 Å². The molecule has 1 atom stereocenters. The number of nitrogens with one attached hydrogen (secondary N) is 1. The van der Waals surface area contributed by atoms with E-state index in [0.29, 0.717) is 5.75 Å². The van der Waals surface area contributed by atoms with Gasteiger partial charge in [-0.2, -0.15) is 0 Å². The van der Waals surface area contributed by atoms with Crippen LogP contribution in [0.1, 0.15) is 36.1 Å². The first-order chi connectivity index (χ1) is 11.9. The number of methoxy groups -OCH3 is 2. The van der Waals surface area contributed by atoms with Gasteiger partial charge in [0.05, 0.1) is 14.2 Å². The third-order valence-electron chi connectivity index (χ3n) is 4.61. The van der Waals surface area contributed by atoms with Gasteiger partial charge in [0, 0.05) is 12.1 Å². The van der Waals surface area contributed by atoms with E-state index < -0.39 is 10.0 Å². The van der Waals surface area contributed by atoms with Crippen molar-refractivity contribution in [3.63, 3.8) is 0 Å². The number of ether oxygens (including phenoxy) is 2. The van der Waals surface area contributed by atoms with Gasteiger partial charge in [-0.25, -0.2) is 13.1 Å². The predicted octanol–water partition coefficient (Wildman–Crippen LogP) is 3.23. The fourth-order valence-corrected chi connectivity index (χ4v) is 4.64. The first-order valence-corrected chi connectivity index (χ1v) is 9.79. The number of fused-ring (bicyclic) bond motifs is 1. The molecule has 0 bridgehead atoms. The van der Waals surface area contributed by atoms with Crippen molar-refractivity contribution in [1.82, 2.24) is 4.72 Å². The number of hydrogen-bond acceptors (Lipinski definition) is 4. The summed E-state index contributed by atoms with van der Waals surface area (Å²) in [4.78, 5) is 0.0716. The van der Waals surface area contributed by atoms with Gasteiger partial charge in [0.15, 0.2) is 0 Å². The van der Waals surface area contributed by atoms with Crippen molar-refractivity contribution < 1.29 is 17.9 Å². The third kappa shape index (κ3) is 3.65. The highest BCUT2D eigenvalue weighted by atomic mass is 32.2. The van der Waals surface area contributed by atoms with Gasteiger partial charge in [-0.05, 0) is 55.0 Å². The smallest absolute Gasteiger partial charge is 0.244 e. The van der Waals surface area contributed by atoms with Crippen molar-refractivity contribution in [3.05, 3.63) is 53.1 Å². The lowest BCUT2D eigenvalue weighted by Gasteiger charge is -2.17. The quantitative estimate of drug-likeness (QED) is 0.858. The maximum Gasteiger partial charge on any atom is 0.244 e. The molecule has 0 radical (unpaired) electrons. The average Bonchev–Trinajstić information content (AvgIpc) is 3.08. The van der Waals surface area contributed by atoms with E-state index in [-0.39, 0.29) is 16.7 Å². The molecule has 0 amide bonds. The molecule has 1 N–H and O–H groups in total. The lowest BCUT2D eigenvalue weighted by molar-refractivity contribution is 0.391. The van der Waals surface area contributed by atoms with Crippen LogP contribution in [0.2, 0.25) is 0 Å². The van der Waals surface area contributed by atoms with Crippen molar-refractivity contribution in [2.24, 2.45) is 0 Å². The van der Waals surface area contributed by atoms with Crippen molar-refractivity contribution >= 4 is 10.0 Å². The molecule has 0 aromatic heterocycles. The van der Waals surface area contributed by atoms with Gasteiger partial charge in [0.2, 0.25) is 10.0 Å². The maximum absolute atomic E-state index is 12.9. The van der Waals surface area contributed by atoms with Gasteiger partial charge < -0.3 is 9.47 Å². The number of hydrogen-bond donors (Lipinski definition) is 1. The monoisotopic (exact) mass is 361 g/mol. The molecule has 0 aliphatic heterocycles. The van der Waals surface area contributed by atoms with Crippen LogP contribution in [-0.2, 0) is 22.9 Å². The van der Waals surface area contributed by atoms with E-state index >= 15 is 0 Å². The number of aryl methyl sites for hydroxylation is 2. The second kappa shape index (κ2) is 7.06. The molecule has 3 rings (SSSR count). The highest BCUT2D eigenvalue weighted by molar-refractivity contribution is 7.89. The van der Waals surface area contributed by atoms with Crippen molar-refractivity contribution in [3.8, 4) is 11.5 Å². The summed E-state index contributed by atoms with van der Waals surface area (Å²) in [5.74, 6) is 0.751. The summed E-state index contributed by atoms with van der Waals surface area (Å²) in [5, 5.41) is 0. The van der Waals surface area contributed by atoms with Crippen LogP contribution in [0.5, 0.6) is 11.5 Å². The Morgan fingerprint density at radius 2 is 1.76 bits per heavy atom. The highest BCUT2D eigenvalue weighted by Crippen LogP contribution is 2.30. The van der Waals surface area contributed by atoms with E-state index in [2.05, 4.69) is 16.9 Å². The van der Waals surface area contributed by atoms with E-state index in [1.165, 1.54) is 37.8 Å². The van der Waals surface area contributed by atoms with E-state index in [4.69, 9.17) is 9.47 Å². The van der Waals surface area contributed by atoms with Crippen molar-refractivity contribution in [2.75, 3.05) is 14.2 Å². The lowest BCUT2D eigenvalue weighted by atomic mass is 10.0. The second-order valence-electron chi connectivity index (χ2n) is 6.24. The fraction of sp³-hybridized carbons (Fsp3) is 0.368. The van der Waals surface area contributed by atoms with Gasteiger partial charge in [0.1, 0.15) is 16.4 Å². The predicted molar refractivity (Wildman–Crippen MR) is 96.7 cm³/mol. The molecular formula is C19H23NO4S. The molecule has 25 heavy (non-hydrogen) atoms. The molecule has 1 aliphatic rings. The molecule has 5 nitrogen and oxygen atoms in total. The molecule has 0 unspecified atom stereocenters. The van der Waals surface area contributed by atoms with E-state index in [0.717, 1.165) is 18.4 Å². The Bertz CT molecular complexity index is 877. The van der Waals surface area contributed by atoms with E-state index in [1.807, 2.05) is 13.0 Å². The van der Waals surface area contributed by atoms with Crippen LogP contribution < -0.4 is 14.2 Å². The molecule has 2 aromatic carbocycles. The summed E-state index contributed by atoms with van der Waals surface area (Å²) in [5.41, 5.74) is 3.65. The van der Waals surface area contributed by atoms with Crippen LogP contribution in [0.3, 0.4) is 0 Å². The SMILES string of the molecule is COc1ccc(OC)c(S(=O)(=O)N[C@H](C)c2ccc3c(c2)CCC3)c1. The van der Waals surface area contributed by atoms with Crippen LogP contribution in [0, 0.1) is 0 Å². The summed E-state index contributed by atoms with van der Waals surface area (Å²) in [7, 11) is -0.804. The van der Waals surface area contributed by atoms with Crippen LogP contribution >= 0.6 is 0 Å². The zero-order valence-electron chi connectivity index (χ0n) is 14.7. The van der Waals surface area contributed by atoms with Gasteiger partial charge in [-0.3, -0.25) is 0 Å². The van der Waals surface area contributed by atoms with E-state index in [1.54, 1.807) is 12.1 Å². The molecule has 0 saturated carbocycles. The van der Waals surface area contributed by atoms with Crippen LogP contribution in [-0.4, -0.2) is 22.6 Å². The minimum atomic E-state index is -3.75. The Kier molecular flexibility index (Phi) is 5.01. The molecular weight excluding hydrogens is 338 g/mol. The molecule has 0 heterocycles. The molecule has 134 valence electrons. The Labute approximate surface area is 149 Å². The Balaban J connectivity index is 1.88. The first-order valence-electron chi connectivity index (χ1n) is 8.30. The summed E-state index contributed by atoms with van der Waals surface area (Å²) < 4.78 is 38.8. The fourth-order valence-electron chi connectivity index (χ4n) is 3.22. The second-order valence-corrected chi connectivity index (χ2v) is 7.92. The molecule has 0 fully saturated rings. The first kappa shape index (κ1) is 17.8. The highest BCUT2D eigenvalue weighted by Gasteiger charge is 2.24. The van der Waals surface area contributed by atoms with Crippen LogP contribution in [0.4, 0.5) is 0 Å². The normalized spacial score (nSPS) is 14.8. The maximum atomic E-state index is 12.9. The summed E-state index contributed by atoms with van der Waals surface area (Å²) >= 11 is 0. The lowest BCUT2D eigenvalue weighted by Crippen LogP contribution is -2.27. The summed E-state index contributed by atoms with van der Waals surface area (Å²) in [6.45, 7) is 1.85. The van der Waals surface area contributed by atoms with Crippen LogP contribution in [0.25, 0.3) is 0 Å². The Hall–Kier alpha value is -2.05. The minimum Gasteiger partial charge on any atom is -0.497 e. The average molecular weight is 361 g/mol.